The summed E-state index contributed by atoms with van der Waals surface area (Å²) in [7, 11) is 3.23. The van der Waals surface area contributed by atoms with Gasteiger partial charge < -0.3 is 19.8 Å². The van der Waals surface area contributed by atoms with Gasteiger partial charge in [0.25, 0.3) is 5.91 Å². The van der Waals surface area contributed by atoms with Crippen LogP contribution < -0.4 is 10.1 Å². The monoisotopic (exact) mass is 262 g/mol. The highest BCUT2D eigenvalue weighted by molar-refractivity contribution is 6.01. The van der Waals surface area contributed by atoms with Gasteiger partial charge in [0.2, 0.25) is 0 Å². The molecule has 0 fully saturated rings. The maximum Gasteiger partial charge on any atom is 0.268 e. The number of hydrogen-bond donors (Lipinski definition) is 2. The van der Waals surface area contributed by atoms with Gasteiger partial charge in [-0.15, -0.1) is 0 Å². The number of methoxy groups -OCH3 is 2. The zero-order chi connectivity index (χ0) is 13.8. The topological polar surface area (TPSA) is 63.3 Å². The number of aromatic nitrogens is 1. The quantitative estimate of drug-likeness (QED) is 0.808. The Balaban J connectivity index is 2.29. The fourth-order valence-corrected chi connectivity index (χ4v) is 2.01. The number of nitrogens with one attached hydrogen (secondary N) is 2. The minimum Gasteiger partial charge on any atom is -0.497 e. The molecule has 0 saturated heterocycles. The standard InChI is InChI=1S/C14H18N2O3/c1-9-11-8-10(19-3)4-5-12(11)16-13(9)14(17)15-6-7-18-2/h4-5,8,16H,6-7H2,1-3H3,(H,15,17). The second kappa shape index (κ2) is 5.75. The molecular formula is C14H18N2O3. The molecule has 2 N–H and O–H groups in total. The predicted molar refractivity (Wildman–Crippen MR) is 73.8 cm³/mol. The third-order valence-corrected chi connectivity index (χ3v) is 3.08. The molecule has 2 rings (SSSR count). The minimum atomic E-state index is -0.121. The molecule has 0 spiro atoms. The first-order chi connectivity index (χ1) is 9.17. The normalized spacial score (nSPS) is 10.7. The SMILES string of the molecule is COCCNC(=O)c1[nH]c2ccc(OC)cc2c1C. The number of amides is 1. The van der Waals surface area contributed by atoms with Crippen LogP contribution in [-0.2, 0) is 4.74 Å². The molecule has 102 valence electrons. The Hall–Kier alpha value is -2.01. The van der Waals surface area contributed by atoms with Crippen LogP contribution in [0.5, 0.6) is 5.75 Å². The van der Waals surface area contributed by atoms with Gasteiger partial charge in [-0.25, -0.2) is 0 Å². The molecule has 1 aromatic heterocycles. The van der Waals surface area contributed by atoms with Crippen LogP contribution in [0.1, 0.15) is 16.1 Å². The molecular weight excluding hydrogens is 244 g/mol. The van der Waals surface area contributed by atoms with E-state index in [1.807, 2.05) is 25.1 Å². The van der Waals surface area contributed by atoms with Crippen molar-refractivity contribution < 1.29 is 14.3 Å². The number of rotatable bonds is 5. The van der Waals surface area contributed by atoms with Crippen molar-refractivity contribution in [2.75, 3.05) is 27.4 Å². The first-order valence-corrected chi connectivity index (χ1v) is 6.11. The van der Waals surface area contributed by atoms with E-state index in [9.17, 15) is 4.79 Å². The highest BCUT2D eigenvalue weighted by atomic mass is 16.5. The van der Waals surface area contributed by atoms with Crippen LogP contribution >= 0.6 is 0 Å². The number of carbonyl (C=O) groups excluding carboxylic acids is 1. The number of carbonyl (C=O) groups is 1. The fourth-order valence-electron chi connectivity index (χ4n) is 2.01. The second-order valence-corrected chi connectivity index (χ2v) is 4.29. The highest BCUT2D eigenvalue weighted by Gasteiger charge is 2.14. The zero-order valence-corrected chi connectivity index (χ0v) is 11.4. The van der Waals surface area contributed by atoms with Crippen LogP contribution in [0.3, 0.4) is 0 Å². The van der Waals surface area contributed by atoms with E-state index in [-0.39, 0.29) is 5.91 Å². The van der Waals surface area contributed by atoms with Crippen molar-refractivity contribution in [2.24, 2.45) is 0 Å². The summed E-state index contributed by atoms with van der Waals surface area (Å²) in [6.07, 6.45) is 0. The maximum absolute atomic E-state index is 12.0. The average molecular weight is 262 g/mol. The van der Waals surface area contributed by atoms with Gasteiger partial charge in [0.15, 0.2) is 0 Å². The van der Waals surface area contributed by atoms with Crippen molar-refractivity contribution in [1.82, 2.24) is 10.3 Å². The van der Waals surface area contributed by atoms with Crippen molar-refractivity contribution >= 4 is 16.8 Å². The summed E-state index contributed by atoms with van der Waals surface area (Å²) < 4.78 is 10.1. The predicted octanol–water partition coefficient (Wildman–Crippen LogP) is 1.86. The van der Waals surface area contributed by atoms with Gasteiger partial charge in [0.1, 0.15) is 11.4 Å². The van der Waals surface area contributed by atoms with Gasteiger partial charge in [-0.1, -0.05) is 0 Å². The molecule has 0 aliphatic carbocycles. The molecule has 1 heterocycles. The lowest BCUT2D eigenvalue weighted by molar-refractivity contribution is 0.0932. The van der Waals surface area contributed by atoms with Crippen LogP contribution in [0, 0.1) is 6.92 Å². The van der Waals surface area contributed by atoms with Crippen LogP contribution in [-0.4, -0.2) is 38.3 Å². The molecule has 19 heavy (non-hydrogen) atoms. The Labute approximate surface area is 111 Å². The van der Waals surface area contributed by atoms with E-state index in [2.05, 4.69) is 10.3 Å². The van der Waals surface area contributed by atoms with E-state index in [1.165, 1.54) is 0 Å². The molecule has 1 aromatic carbocycles. The van der Waals surface area contributed by atoms with E-state index in [1.54, 1.807) is 14.2 Å². The van der Waals surface area contributed by atoms with Crippen LogP contribution in [0.25, 0.3) is 10.9 Å². The van der Waals surface area contributed by atoms with Crippen molar-refractivity contribution in [3.63, 3.8) is 0 Å². The van der Waals surface area contributed by atoms with E-state index in [0.717, 1.165) is 22.2 Å². The highest BCUT2D eigenvalue weighted by Crippen LogP contribution is 2.25. The lowest BCUT2D eigenvalue weighted by Crippen LogP contribution is -2.27. The maximum atomic E-state index is 12.0. The molecule has 0 saturated carbocycles. The van der Waals surface area contributed by atoms with Gasteiger partial charge in [-0.3, -0.25) is 4.79 Å². The summed E-state index contributed by atoms with van der Waals surface area (Å²) in [5.41, 5.74) is 2.43. The van der Waals surface area contributed by atoms with Crippen LogP contribution in [0.4, 0.5) is 0 Å². The largest absolute Gasteiger partial charge is 0.497 e. The van der Waals surface area contributed by atoms with E-state index < -0.39 is 0 Å². The number of H-pyrrole nitrogens is 1. The molecule has 5 heteroatoms. The van der Waals surface area contributed by atoms with Crippen molar-refractivity contribution in [1.29, 1.82) is 0 Å². The van der Waals surface area contributed by atoms with Gasteiger partial charge >= 0.3 is 0 Å². The van der Waals surface area contributed by atoms with Crippen molar-refractivity contribution in [3.8, 4) is 5.75 Å². The third-order valence-electron chi connectivity index (χ3n) is 3.08. The van der Waals surface area contributed by atoms with E-state index in [4.69, 9.17) is 9.47 Å². The van der Waals surface area contributed by atoms with Gasteiger partial charge in [-0.05, 0) is 30.7 Å². The molecule has 1 amide bonds. The number of fused-ring (bicyclic) bond motifs is 1. The number of ether oxygens (including phenoxy) is 2. The number of benzene rings is 1. The first-order valence-electron chi connectivity index (χ1n) is 6.11. The average Bonchev–Trinajstić information content (AvgIpc) is 2.76. The smallest absolute Gasteiger partial charge is 0.268 e. The van der Waals surface area contributed by atoms with Gasteiger partial charge in [0.05, 0.1) is 13.7 Å². The Morgan fingerprint density at radius 1 is 1.37 bits per heavy atom. The molecule has 0 atom stereocenters. The Bertz CT molecular complexity index is 590. The molecule has 2 aromatic rings. The van der Waals surface area contributed by atoms with Crippen molar-refractivity contribution in [2.45, 2.75) is 6.92 Å². The summed E-state index contributed by atoms with van der Waals surface area (Å²) in [6.45, 7) is 2.91. The summed E-state index contributed by atoms with van der Waals surface area (Å²) in [4.78, 5) is 15.2. The molecule has 0 radical (unpaired) electrons. The Morgan fingerprint density at radius 2 is 2.16 bits per heavy atom. The third kappa shape index (κ3) is 2.71. The van der Waals surface area contributed by atoms with Crippen molar-refractivity contribution in [3.05, 3.63) is 29.5 Å². The molecule has 0 aliphatic rings. The summed E-state index contributed by atoms with van der Waals surface area (Å²) in [5.74, 6) is 0.658. The molecule has 0 bridgehead atoms. The minimum absolute atomic E-state index is 0.121. The van der Waals surface area contributed by atoms with Crippen LogP contribution in [0.2, 0.25) is 0 Å². The zero-order valence-electron chi connectivity index (χ0n) is 11.4. The molecule has 5 nitrogen and oxygen atoms in total. The summed E-state index contributed by atoms with van der Waals surface area (Å²) in [5, 5.41) is 3.80. The Morgan fingerprint density at radius 3 is 2.84 bits per heavy atom. The molecule has 0 unspecified atom stereocenters. The number of hydrogen-bond acceptors (Lipinski definition) is 3. The fraction of sp³-hybridized carbons (Fsp3) is 0.357. The molecule has 0 aliphatic heterocycles. The van der Waals surface area contributed by atoms with E-state index >= 15 is 0 Å². The second-order valence-electron chi connectivity index (χ2n) is 4.29. The van der Waals surface area contributed by atoms with Gasteiger partial charge in [0, 0.05) is 24.6 Å². The lowest BCUT2D eigenvalue weighted by atomic mass is 10.1. The number of aryl methyl sites for hydroxylation is 1. The van der Waals surface area contributed by atoms with Gasteiger partial charge in [-0.2, -0.15) is 0 Å². The Kier molecular flexibility index (Phi) is 4.06. The summed E-state index contributed by atoms with van der Waals surface area (Å²) >= 11 is 0. The lowest BCUT2D eigenvalue weighted by Gasteiger charge is -2.03. The van der Waals surface area contributed by atoms with Crippen LogP contribution in [0.15, 0.2) is 18.2 Å². The number of aromatic amines is 1. The van der Waals surface area contributed by atoms with E-state index in [0.29, 0.717) is 18.8 Å². The first kappa shape index (κ1) is 13.4. The summed E-state index contributed by atoms with van der Waals surface area (Å²) in [6, 6.07) is 5.70.